The molecule has 0 spiro atoms. The van der Waals surface area contributed by atoms with E-state index in [1.54, 1.807) is 6.92 Å². The van der Waals surface area contributed by atoms with Gasteiger partial charge in [0.2, 0.25) is 0 Å². The summed E-state index contributed by atoms with van der Waals surface area (Å²) in [5.41, 5.74) is 0.358. The molecule has 2 fully saturated rings. The Balaban J connectivity index is 1.88. The van der Waals surface area contributed by atoms with E-state index in [1.807, 2.05) is 0 Å². The summed E-state index contributed by atoms with van der Waals surface area (Å²) < 4.78 is 13.4. The van der Waals surface area contributed by atoms with Gasteiger partial charge in [-0.1, -0.05) is 11.6 Å². The number of halogens is 2. The zero-order valence-electron chi connectivity index (χ0n) is 10.7. The molecule has 0 saturated carbocycles. The number of hydrogen-bond acceptors (Lipinski definition) is 3. The quantitative estimate of drug-likeness (QED) is 0.734. The van der Waals surface area contributed by atoms with Gasteiger partial charge in [-0.2, -0.15) is 0 Å². The highest BCUT2D eigenvalue weighted by Crippen LogP contribution is 2.41. The second-order valence-electron chi connectivity index (χ2n) is 5.49. The molecule has 2 aliphatic rings. The first kappa shape index (κ1) is 12.3. The van der Waals surface area contributed by atoms with Gasteiger partial charge < -0.3 is 4.90 Å². The molecule has 3 heterocycles. The third-order valence-corrected chi connectivity index (χ3v) is 4.71. The van der Waals surface area contributed by atoms with Crippen molar-refractivity contribution in [3.05, 3.63) is 22.5 Å². The summed E-state index contributed by atoms with van der Waals surface area (Å²) in [6.07, 6.45) is 4.64. The summed E-state index contributed by atoms with van der Waals surface area (Å²) in [7, 11) is 2.20. The molecule has 0 radical (unpaired) electrons. The van der Waals surface area contributed by atoms with E-state index in [4.69, 9.17) is 11.6 Å². The van der Waals surface area contributed by atoms with Crippen LogP contribution in [-0.4, -0.2) is 34.0 Å². The number of rotatable bonds is 1. The minimum atomic E-state index is -0.490. The van der Waals surface area contributed by atoms with Crippen LogP contribution in [0, 0.1) is 12.7 Å². The van der Waals surface area contributed by atoms with E-state index in [0.29, 0.717) is 23.7 Å². The first-order chi connectivity index (χ1) is 8.56. The van der Waals surface area contributed by atoms with Crippen LogP contribution in [0.2, 0.25) is 5.15 Å². The predicted octanol–water partition coefficient (Wildman–Crippen LogP) is 2.92. The van der Waals surface area contributed by atoms with Crippen molar-refractivity contribution in [2.75, 3.05) is 7.05 Å². The monoisotopic (exact) mass is 269 g/mol. The topological polar surface area (TPSA) is 29.0 Å². The Morgan fingerprint density at radius 2 is 1.83 bits per heavy atom. The number of piperidine rings is 1. The number of hydrogen-bond donors (Lipinski definition) is 0. The Morgan fingerprint density at radius 1 is 1.22 bits per heavy atom. The van der Waals surface area contributed by atoms with E-state index < -0.39 is 5.82 Å². The summed E-state index contributed by atoms with van der Waals surface area (Å²) in [5.74, 6) is 0.565. The van der Waals surface area contributed by atoms with Gasteiger partial charge in [-0.3, -0.25) is 0 Å². The fraction of sp³-hybridized carbons (Fsp3) is 0.692. The van der Waals surface area contributed by atoms with Gasteiger partial charge in [-0.25, -0.2) is 14.4 Å². The van der Waals surface area contributed by atoms with Gasteiger partial charge in [0.1, 0.15) is 5.82 Å². The van der Waals surface area contributed by atoms with Crippen molar-refractivity contribution in [3.8, 4) is 0 Å². The maximum atomic E-state index is 13.4. The Hall–Kier alpha value is -0.740. The van der Waals surface area contributed by atoms with Crippen molar-refractivity contribution in [1.82, 2.24) is 14.9 Å². The lowest BCUT2D eigenvalue weighted by Gasteiger charge is -2.35. The van der Waals surface area contributed by atoms with Crippen LogP contribution >= 0.6 is 11.6 Å². The molecule has 0 aliphatic carbocycles. The van der Waals surface area contributed by atoms with Crippen molar-refractivity contribution in [3.63, 3.8) is 0 Å². The Bertz CT molecular complexity index is 442. The number of aromatic nitrogens is 2. The third-order valence-electron chi connectivity index (χ3n) is 4.46. The Kier molecular flexibility index (Phi) is 3.02. The number of aryl methyl sites for hydroxylation is 1. The SMILES string of the molecule is Cc1nc(C2CC3CCC(C2)N3C)nc(Cl)c1F. The van der Waals surface area contributed by atoms with Gasteiger partial charge >= 0.3 is 0 Å². The van der Waals surface area contributed by atoms with Gasteiger partial charge in [-0.05, 0) is 39.7 Å². The predicted molar refractivity (Wildman–Crippen MR) is 68.3 cm³/mol. The molecule has 1 aromatic rings. The van der Waals surface area contributed by atoms with Gasteiger partial charge in [0.15, 0.2) is 11.0 Å². The Morgan fingerprint density at radius 3 is 2.39 bits per heavy atom. The number of fused-ring (bicyclic) bond motifs is 2. The average Bonchev–Trinajstić information content (AvgIpc) is 2.57. The van der Waals surface area contributed by atoms with E-state index in [0.717, 1.165) is 18.7 Å². The first-order valence-electron chi connectivity index (χ1n) is 6.47. The molecule has 2 atom stereocenters. The van der Waals surface area contributed by atoms with Crippen molar-refractivity contribution in [2.24, 2.45) is 0 Å². The molecule has 98 valence electrons. The first-order valence-corrected chi connectivity index (χ1v) is 6.85. The fourth-order valence-corrected chi connectivity index (χ4v) is 3.57. The van der Waals surface area contributed by atoms with E-state index in [2.05, 4.69) is 21.9 Å². The lowest BCUT2D eigenvalue weighted by atomic mass is 9.90. The van der Waals surface area contributed by atoms with E-state index in [-0.39, 0.29) is 5.15 Å². The summed E-state index contributed by atoms with van der Waals surface area (Å²) >= 11 is 5.82. The van der Waals surface area contributed by atoms with Gasteiger partial charge in [-0.15, -0.1) is 0 Å². The highest BCUT2D eigenvalue weighted by atomic mass is 35.5. The minimum absolute atomic E-state index is 0.0382. The number of nitrogens with zero attached hydrogens (tertiary/aromatic N) is 3. The molecule has 18 heavy (non-hydrogen) atoms. The standard InChI is InChI=1S/C13H17ClFN3/c1-7-11(15)12(14)17-13(16-7)8-5-9-3-4-10(6-8)18(9)2/h8-10H,3-6H2,1-2H3. The third kappa shape index (κ3) is 1.91. The molecular formula is C13H17ClFN3. The highest BCUT2D eigenvalue weighted by Gasteiger charge is 2.40. The minimum Gasteiger partial charge on any atom is -0.300 e. The summed E-state index contributed by atoms with van der Waals surface area (Å²) in [6.45, 7) is 1.65. The summed E-state index contributed by atoms with van der Waals surface area (Å²) in [4.78, 5) is 10.9. The van der Waals surface area contributed by atoms with E-state index in [9.17, 15) is 4.39 Å². The maximum Gasteiger partial charge on any atom is 0.181 e. The smallest absolute Gasteiger partial charge is 0.181 e. The summed E-state index contributed by atoms with van der Waals surface area (Å²) in [5, 5.41) is -0.0382. The molecule has 2 bridgehead atoms. The van der Waals surface area contributed by atoms with Gasteiger partial charge in [0, 0.05) is 18.0 Å². The van der Waals surface area contributed by atoms with E-state index in [1.165, 1.54) is 12.8 Å². The molecule has 0 amide bonds. The zero-order valence-corrected chi connectivity index (χ0v) is 11.4. The van der Waals surface area contributed by atoms with Crippen molar-refractivity contribution in [1.29, 1.82) is 0 Å². The van der Waals surface area contributed by atoms with Crippen molar-refractivity contribution in [2.45, 2.75) is 50.6 Å². The van der Waals surface area contributed by atoms with Crippen LogP contribution < -0.4 is 0 Å². The molecular weight excluding hydrogens is 253 g/mol. The van der Waals surface area contributed by atoms with Crippen LogP contribution in [0.3, 0.4) is 0 Å². The van der Waals surface area contributed by atoms with Crippen LogP contribution in [0.25, 0.3) is 0 Å². The molecule has 2 saturated heterocycles. The molecule has 0 aromatic carbocycles. The molecule has 3 rings (SSSR count). The molecule has 3 nitrogen and oxygen atoms in total. The van der Waals surface area contributed by atoms with Crippen LogP contribution in [0.4, 0.5) is 4.39 Å². The zero-order chi connectivity index (χ0) is 12.9. The van der Waals surface area contributed by atoms with Crippen molar-refractivity contribution >= 4 is 11.6 Å². The van der Waals surface area contributed by atoms with Crippen LogP contribution in [0.15, 0.2) is 0 Å². The largest absolute Gasteiger partial charge is 0.300 e. The summed E-state index contributed by atoms with van der Waals surface area (Å²) in [6, 6.07) is 1.25. The molecule has 5 heteroatoms. The van der Waals surface area contributed by atoms with Gasteiger partial charge in [0.25, 0.3) is 0 Å². The highest BCUT2D eigenvalue weighted by molar-refractivity contribution is 6.29. The lowest BCUT2D eigenvalue weighted by Crippen LogP contribution is -2.39. The maximum absolute atomic E-state index is 13.4. The van der Waals surface area contributed by atoms with E-state index >= 15 is 0 Å². The second kappa shape index (κ2) is 4.42. The molecule has 2 aliphatic heterocycles. The van der Waals surface area contributed by atoms with Gasteiger partial charge in [0.05, 0.1) is 5.69 Å². The molecule has 1 aromatic heterocycles. The fourth-order valence-electron chi connectivity index (χ4n) is 3.35. The normalized spacial score (nSPS) is 31.9. The molecule has 2 unspecified atom stereocenters. The average molecular weight is 270 g/mol. The molecule has 0 N–H and O–H groups in total. The van der Waals surface area contributed by atoms with Crippen molar-refractivity contribution < 1.29 is 4.39 Å². The Labute approximate surface area is 111 Å². The lowest BCUT2D eigenvalue weighted by molar-refractivity contribution is 0.158. The van der Waals surface area contributed by atoms with Crippen LogP contribution in [0.5, 0.6) is 0 Å². The van der Waals surface area contributed by atoms with Crippen LogP contribution in [0.1, 0.15) is 43.1 Å². The second-order valence-corrected chi connectivity index (χ2v) is 5.85. The van der Waals surface area contributed by atoms with Crippen LogP contribution in [-0.2, 0) is 0 Å².